The SMILES string of the molecule is C=CCOC(=O)NCc1ccccc1-c1ccc([C@@H]2O[C@H](CN3CCC(O)(c4ccc(Cl)cc4)CC3)[C@H](C)[C@H](c3ccc(CO)cc3)O2)cc1. The topological polar surface area (TPSA) is 100 Å². The summed E-state index contributed by atoms with van der Waals surface area (Å²) in [7, 11) is 0. The van der Waals surface area contributed by atoms with Crippen LogP contribution in [-0.2, 0) is 33.0 Å². The molecule has 0 spiro atoms. The van der Waals surface area contributed by atoms with Crippen molar-refractivity contribution < 1.29 is 29.2 Å². The summed E-state index contributed by atoms with van der Waals surface area (Å²) in [4.78, 5) is 14.4. The summed E-state index contributed by atoms with van der Waals surface area (Å²) in [6, 6.07) is 31.6. The molecule has 0 bridgehead atoms. The Balaban J connectivity index is 1.19. The maximum atomic E-state index is 12.0. The van der Waals surface area contributed by atoms with Crippen LogP contribution in [0.4, 0.5) is 4.79 Å². The summed E-state index contributed by atoms with van der Waals surface area (Å²) in [5.41, 5.74) is 5.78. The Morgan fingerprint density at radius 3 is 2.34 bits per heavy atom. The lowest BCUT2D eigenvalue weighted by molar-refractivity contribution is -0.277. The van der Waals surface area contributed by atoms with E-state index in [0.717, 1.165) is 52.0 Å². The van der Waals surface area contributed by atoms with E-state index in [9.17, 15) is 15.0 Å². The highest BCUT2D eigenvalue weighted by molar-refractivity contribution is 6.30. The van der Waals surface area contributed by atoms with Crippen LogP contribution < -0.4 is 5.32 Å². The summed E-state index contributed by atoms with van der Waals surface area (Å²) in [5.74, 6) is 0.0418. The van der Waals surface area contributed by atoms with Gasteiger partial charge in [-0.05, 0) is 58.4 Å². The summed E-state index contributed by atoms with van der Waals surface area (Å²) in [6.07, 6.45) is 1.32. The Kier molecular flexibility index (Phi) is 11.7. The van der Waals surface area contributed by atoms with Crippen LogP contribution in [0.1, 0.15) is 60.0 Å². The number of carbonyl (C=O) groups is 1. The van der Waals surface area contributed by atoms with E-state index >= 15 is 0 Å². The fourth-order valence-corrected chi connectivity index (χ4v) is 6.99. The van der Waals surface area contributed by atoms with Crippen LogP contribution in [0.15, 0.2) is 110 Å². The van der Waals surface area contributed by atoms with Crippen molar-refractivity contribution >= 4 is 17.7 Å². The Bertz CT molecular complexity index is 1720. The molecule has 4 aromatic rings. The Labute approximate surface area is 299 Å². The zero-order valence-corrected chi connectivity index (χ0v) is 29.1. The second-order valence-electron chi connectivity index (χ2n) is 13.2. The molecular formula is C41H45ClN2O6. The van der Waals surface area contributed by atoms with Crippen LogP contribution >= 0.6 is 11.6 Å². The number of aliphatic hydroxyl groups excluding tert-OH is 1. The number of halogens is 1. The highest BCUT2D eigenvalue weighted by atomic mass is 35.5. The predicted octanol–water partition coefficient (Wildman–Crippen LogP) is 7.69. The van der Waals surface area contributed by atoms with Gasteiger partial charge >= 0.3 is 6.09 Å². The minimum absolute atomic E-state index is 0.0159. The summed E-state index contributed by atoms with van der Waals surface area (Å²) >= 11 is 6.10. The largest absolute Gasteiger partial charge is 0.445 e. The number of nitrogens with one attached hydrogen (secondary N) is 1. The molecule has 0 unspecified atom stereocenters. The number of alkyl carbamates (subject to hydrolysis) is 1. The lowest BCUT2D eigenvalue weighted by Gasteiger charge is -2.45. The van der Waals surface area contributed by atoms with Gasteiger partial charge in [0.25, 0.3) is 0 Å². The van der Waals surface area contributed by atoms with Gasteiger partial charge in [-0.3, -0.25) is 0 Å². The first-order valence-corrected chi connectivity index (χ1v) is 17.6. The molecule has 0 aromatic heterocycles. The maximum absolute atomic E-state index is 12.0. The first-order chi connectivity index (χ1) is 24.3. The van der Waals surface area contributed by atoms with E-state index in [2.05, 4.69) is 35.9 Å². The lowest BCUT2D eigenvalue weighted by Crippen LogP contribution is -2.49. The maximum Gasteiger partial charge on any atom is 0.407 e. The number of aliphatic hydroxyl groups is 2. The van der Waals surface area contributed by atoms with Gasteiger partial charge in [-0.1, -0.05) is 116 Å². The summed E-state index contributed by atoms with van der Waals surface area (Å²) in [6.45, 7) is 8.39. The van der Waals surface area contributed by atoms with Crippen molar-refractivity contribution in [2.45, 2.75) is 57.0 Å². The van der Waals surface area contributed by atoms with Crippen molar-refractivity contribution in [3.63, 3.8) is 0 Å². The Morgan fingerprint density at radius 2 is 1.66 bits per heavy atom. The predicted molar refractivity (Wildman–Crippen MR) is 194 cm³/mol. The van der Waals surface area contributed by atoms with Gasteiger partial charge in [-0.15, -0.1) is 0 Å². The minimum Gasteiger partial charge on any atom is -0.445 e. The molecule has 2 heterocycles. The van der Waals surface area contributed by atoms with Crippen molar-refractivity contribution in [2.75, 3.05) is 26.2 Å². The lowest BCUT2D eigenvalue weighted by atomic mass is 9.84. The molecule has 2 aliphatic heterocycles. The second-order valence-corrected chi connectivity index (χ2v) is 13.6. The Morgan fingerprint density at radius 1 is 0.980 bits per heavy atom. The van der Waals surface area contributed by atoms with Crippen LogP contribution in [0.25, 0.3) is 11.1 Å². The van der Waals surface area contributed by atoms with Gasteiger partial charge in [0.2, 0.25) is 0 Å². The zero-order chi connectivity index (χ0) is 35.1. The van der Waals surface area contributed by atoms with Gasteiger partial charge in [0, 0.05) is 42.7 Å². The molecule has 0 aliphatic carbocycles. The van der Waals surface area contributed by atoms with E-state index < -0.39 is 18.0 Å². The smallest absolute Gasteiger partial charge is 0.407 e. The van der Waals surface area contributed by atoms with E-state index in [-0.39, 0.29) is 31.3 Å². The van der Waals surface area contributed by atoms with Gasteiger partial charge in [-0.2, -0.15) is 0 Å². The fraction of sp³-hybridized carbons (Fsp3) is 0.341. The first-order valence-electron chi connectivity index (χ1n) is 17.2. The third-order valence-corrected chi connectivity index (χ3v) is 10.1. The number of rotatable bonds is 11. The molecule has 4 aromatic carbocycles. The first kappa shape index (κ1) is 35.8. The molecule has 2 fully saturated rings. The molecule has 1 amide bonds. The van der Waals surface area contributed by atoms with Gasteiger partial charge in [-0.25, -0.2) is 4.79 Å². The van der Waals surface area contributed by atoms with Crippen molar-refractivity contribution in [3.8, 4) is 11.1 Å². The quantitative estimate of drug-likeness (QED) is 0.138. The molecule has 0 radical (unpaired) electrons. The number of carbonyl (C=O) groups excluding carboxylic acids is 1. The molecule has 6 rings (SSSR count). The van der Waals surface area contributed by atoms with Crippen LogP contribution in [-0.4, -0.2) is 53.6 Å². The average Bonchev–Trinajstić information content (AvgIpc) is 3.15. The average molecular weight is 697 g/mol. The van der Waals surface area contributed by atoms with Gasteiger partial charge in [0.05, 0.1) is 24.4 Å². The number of piperidine rings is 1. The molecule has 4 atom stereocenters. The number of likely N-dealkylation sites (tertiary alicyclic amines) is 1. The molecule has 3 N–H and O–H groups in total. The number of hydrogen-bond acceptors (Lipinski definition) is 7. The van der Waals surface area contributed by atoms with E-state index in [1.807, 2.05) is 84.9 Å². The van der Waals surface area contributed by atoms with Gasteiger partial charge in [0.15, 0.2) is 6.29 Å². The van der Waals surface area contributed by atoms with Gasteiger partial charge < -0.3 is 34.6 Å². The molecule has 0 saturated carbocycles. The molecule has 50 heavy (non-hydrogen) atoms. The standard InChI is InChI=1S/C41H45ClN2O6/c1-3-24-48-40(46)43-25-33-6-4-5-7-36(33)30-12-14-32(15-13-30)39-49-37(28(2)38(50-39)31-10-8-29(27-45)9-11-31)26-44-22-20-41(47,21-23-44)34-16-18-35(42)19-17-34/h3-19,28,37-39,45,47H,1,20-27H2,2H3,(H,43,46)/t28-,37+,38+,39+/m0/s1. The highest BCUT2D eigenvalue weighted by Crippen LogP contribution is 2.43. The summed E-state index contributed by atoms with van der Waals surface area (Å²) in [5, 5.41) is 24.6. The third-order valence-electron chi connectivity index (χ3n) is 9.89. The molecular weight excluding hydrogens is 652 g/mol. The van der Waals surface area contributed by atoms with Crippen LogP contribution in [0, 0.1) is 5.92 Å². The van der Waals surface area contributed by atoms with Crippen LogP contribution in [0.2, 0.25) is 5.02 Å². The molecule has 9 heteroatoms. The number of amides is 1. The van der Waals surface area contributed by atoms with Crippen molar-refractivity contribution in [3.05, 3.63) is 143 Å². The van der Waals surface area contributed by atoms with E-state index in [1.54, 1.807) is 0 Å². The monoisotopic (exact) mass is 696 g/mol. The van der Waals surface area contributed by atoms with Crippen LogP contribution in [0.5, 0.6) is 0 Å². The van der Waals surface area contributed by atoms with E-state index in [4.69, 9.17) is 25.8 Å². The number of ether oxygens (including phenoxy) is 3. The molecule has 2 aliphatic rings. The third kappa shape index (κ3) is 8.46. The molecule has 8 nitrogen and oxygen atoms in total. The van der Waals surface area contributed by atoms with Crippen molar-refractivity contribution in [1.29, 1.82) is 0 Å². The van der Waals surface area contributed by atoms with Gasteiger partial charge in [0.1, 0.15) is 6.61 Å². The molecule has 262 valence electrons. The second kappa shape index (κ2) is 16.3. The van der Waals surface area contributed by atoms with E-state index in [0.29, 0.717) is 31.0 Å². The van der Waals surface area contributed by atoms with Crippen molar-refractivity contribution in [2.24, 2.45) is 5.92 Å². The highest BCUT2D eigenvalue weighted by Gasteiger charge is 2.41. The van der Waals surface area contributed by atoms with Crippen LogP contribution in [0.3, 0.4) is 0 Å². The normalized spacial score (nSPS) is 22.1. The Hall–Kier alpha value is -4.02. The summed E-state index contributed by atoms with van der Waals surface area (Å²) < 4.78 is 18.5. The fourth-order valence-electron chi connectivity index (χ4n) is 6.87. The van der Waals surface area contributed by atoms with Crippen molar-refractivity contribution in [1.82, 2.24) is 10.2 Å². The molecule has 2 saturated heterocycles. The number of benzene rings is 4. The number of nitrogens with zero attached hydrogens (tertiary/aromatic N) is 1. The zero-order valence-electron chi connectivity index (χ0n) is 28.3. The number of hydrogen-bond donors (Lipinski definition) is 3. The van der Waals surface area contributed by atoms with E-state index in [1.165, 1.54) is 6.08 Å². The minimum atomic E-state index is -0.881.